The molecule has 10 heteroatoms. The topological polar surface area (TPSA) is 132 Å². The zero-order chi connectivity index (χ0) is 19.8. The molecule has 0 bridgehead atoms. The maximum Gasteiger partial charge on any atom is 0.315 e. The molecule has 0 saturated carbocycles. The van der Waals surface area contributed by atoms with E-state index in [9.17, 15) is 14.9 Å². The van der Waals surface area contributed by atoms with Crippen LogP contribution < -0.4 is 20.5 Å². The van der Waals surface area contributed by atoms with Crippen LogP contribution in [-0.4, -0.2) is 34.8 Å². The SMILES string of the molecule is CCCCOc1c(OC)cc(/C=N\Nc2nc(C)cc(=O)[nH]2)cc1[N+](=O)[O-]. The monoisotopic (exact) mass is 375 g/mol. The van der Waals surface area contributed by atoms with Gasteiger partial charge in [0.25, 0.3) is 5.56 Å². The lowest BCUT2D eigenvalue weighted by Gasteiger charge is -2.11. The summed E-state index contributed by atoms with van der Waals surface area (Å²) in [5.74, 6) is 0.492. The minimum Gasteiger partial charge on any atom is -0.493 e. The van der Waals surface area contributed by atoms with Gasteiger partial charge in [-0.15, -0.1) is 0 Å². The van der Waals surface area contributed by atoms with E-state index in [-0.39, 0.29) is 28.7 Å². The van der Waals surface area contributed by atoms with Gasteiger partial charge in [-0.3, -0.25) is 19.9 Å². The third-order valence-electron chi connectivity index (χ3n) is 3.47. The molecule has 0 aliphatic rings. The highest BCUT2D eigenvalue weighted by molar-refractivity contribution is 5.83. The maximum absolute atomic E-state index is 11.4. The summed E-state index contributed by atoms with van der Waals surface area (Å²) < 4.78 is 10.8. The van der Waals surface area contributed by atoms with Crippen molar-refractivity contribution in [3.05, 3.63) is 49.9 Å². The van der Waals surface area contributed by atoms with Crippen LogP contribution in [0.25, 0.3) is 0 Å². The van der Waals surface area contributed by atoms with E-state index in [1.165, 1.54) is 25.5 Å². The molecule has 1 aromatic carbocycles. The number of unbranched alkanes of at least 4 members (excludes halogenated alkanes) is 1. The number of aromatic amines is 1. The Morgan fingerprint density at radius 1 is 1.41 bits per heavy atom. The number of rotatable bonds is 9. The summed E-state index contributed by atoms with van der Waals surface area (Å²) in [6, 6.07) is 4.26. The fourth-order valence-corrected chi connectivity index (χ4v) is 2.23. The van der Waals surface area contributed by atoms with Crippen molar-refractivity contribution in [2.75, 3.05) is 19.1 Å². The number of methoxy groups -OCH3 is 1. The molecule has 0 spiro atoms. The number of benzene rings is 1. The van der Waals surface area contributed by atoms with E-state index in [1.807, 2.05) is 6.92 Å². The molecule has 0 saturated heterocycles. The zero-order valence-corrected chi connectivity index (χ0v) is 15.3. The van der Waals surface area contributed by atoms with E-state index in [0.29, 0.717) is 17.9 Å². The number of aryl methyl sites for hydroxylation is 1. The van der Waals surface area contributed by atoms with E-state index in [0.717, 1.165) is 12.8 Å². The summed E-state index contributed by atoms with van der Waals surface area (Å²) >= 11 is 0. The van der Waals surface area contributed by atoms with Crippen LogP contribution >= 0.6 is 0 Å². The molecule has 144 valence electrons. The lowest BCUT2D eigenvalue weighted by atomic mass is 10.2. The van der Waals surface area contributed by atoms with Crippen LogP contribution in [-0.2, 0) is 0 Å². The molecule has 0 amide bonds. The molecular formula is C17H21N5O5. The molecule has 0 aliphatic carbocycles. The van der Waals surface area contributed by atoms with Gasteiger partial charge in [-0.1, -0.05) is 13.3 Å². The van der Waals surface area contributed by atoms with Crippen LogP contribution in [0, 0.1) is 17.0 Å². The number of hydrogen-bond acceptors (Lipinski definition) is 8. The number of aromatic nitrogens is 2. The molecule has 0 radical (unpaired) electrons. The van der Waals surface area contributed by atoms with Crippen molar-refractivity contribution < 1.29 is 14.4 Å². The van der Waals surface area contributed by atoms with E-state index >= 15 is 0 Å². The normalized spacial score (nSPS) is 10.8. The third kappa shape index (κ3) is 5.53. The molecule has 2 aromatic rings. The first kappa shape index (κ1) is 19.9. The molecule has 2 rings (SSSR count). The molecule has 1 aromatic heterocycles. The van der Waals surface area contributed by atoms with Crippen molar-refractivity contribution in [1.82, 2.24) is 9.97 Å². The van der Waals surface area contributed by atoms with Crippen LogP contribution in [0.1, 0.15) is 31.0 Å². The number of nitro benzene ring substituents is 1. The fraction of sp³-hybridized carbons (Fsp3) is 0.353. The van der Waals surface area contributed by atoms with Gasteiger partial charge in [0, 0.05) is 23.4 Å². The van der Waals surface area contributed by atoms with Crippen LogP contribution in [0.3, 0.4) is 0 Å². The average Bonchev–Trinajstić information content (AvgIpc) is 2.61. The molecule has 0 aliphatic heterocycles. The van der Waals surface area contributed by atoms with E-state index < -0.39 is 4.92 Å². The number of anilines is 1. The Kier molecular flexibility index (Phi) is 6.86. The predicted molar refractivity (Wildman–Crippen MR) is 101 cm³/mol. The van der Waals surface area contributed by atoms with Crippen LogP contribution in [0.2, 0.25) is 0 Å². The highest BCUT2D eigenvalue weighted by Crippen LogP contribution is 2.38. The van der Waals surface area contributed by atoms with Crippen LogP contribution in [0.4, 0.5) is 11.6 Å². The summed E-state index contributed by atoms with van der Waals surface area (Å²) in [6.45, 7) is 4.03. The standard InChI is InChI=1S/C17H21N5O5/c1-4-5-6-27-16-13(22(24)25)8-12(9-14(16)26-3)10-18-21-17-19-11(2)7-15(23)20-17/h7-10H,4-6H2,1-3H3,(H2,19,20,21,23)/b18-10-. The van der Waals surface area contributed by atoms with Crippen molar-refractivity contribution >= 4 is 17.9 Å². The Hall–Kier alpha value is -3.43. The number of nitro groups is 1. The zero-order valence-electron chi connectivity index (χ0n) is 15.3. The lowest BCUT2D eigenvalue weighted by Crippen LogP contribution is -2.10. The Morgan fingerprint density at radius 2 is 2.19 bits per heavy atom. The summed E-state index contributed by atoms with van der Waals surface area (Å²) in [5.41, 5.74) is 3.00. The molecule has 0 fully saturated rings. The minimum absolute atomic E-state index is 0.0886. The maximum atomic E-state index is 11.4. The second kappa shape index (κ2) is 9.32. The van der Waals surface area contributed by atoms with Crippen molar-refractivity contribution in [2.45, 2.75) is 26.7 Å². The van der Waals surface area contributed by atoms with Crippen molar-refractivity contribution in [3.63, 3.8) is 0 Å². The molecular weight excluding hydrogens is 354 g/mol. The molecule has 0 atom stereocenters. The van der Waals surface area contributed by atoms with Gasteiger partial charge < -0.3 is 9.47 Å². The van der Waals surface area contributed by atoms with Gasteiger partial charge in [0.1, 0.15) is 0 Å². The summed E-state index contributed by atoms with van der Waals surface area (Å²) in [4.78, 5) is 28.8. The largest absolute Gasteiger partial charge is 0.493 e. The molecule has 2 N–H and O–H groups in total. The van der Waals surface area contributed by atoms with E-state index in [2.05, 4.69) is 20.5 Å². The van der Waals surface area contributed by atoms with Gasteiger partial charge in [0.05, 0.1) is 24.9 Å². The van der Waals surface area contributed by atoms with Gasteiger partial charge in [-0.05, 0) is 19.4 Å². The van der Waals surface area contributed by atoms with Crippen LogP contribution in [0.5, 0.6) is 11.5 Å². The summed E-state index contributed by atoms with van der Waals surface area (Å²) in [5, 5.41) is 15.4. The highest BCUT2D eigenvalue weighted by Gasteiger charge is 2.22. The van der Waals surface area contributed by atoms with Crippen molar-refractivity contribution in [2.24, 2.45) is 5.10 Å². The van der Waals surface area contributed by atoms with Gasteiger partial charge in [0.15, 0.2) is 5.75 Å². The second-order valence-corrected chi connectivity index (χ2v) is 5.64. The molecule has 1 heterocycles. The Bertz CT molecular complexity index is 894. The van der Waals surface area contributed by atoms with Crippen molar-refractivity contribution in [1.29, 1.82) is 0 Å². The average molecular weight is 375 g/mol. The van der Waals surface area contributed by atoms with Gasteiger partial charge >= 0.3 is 5.69 Å². The van der Waals surface area contributed by atoms with Gasteiger partial charge in [-0.2, -0.15) is 5.10 Å². The third-order valence-corrected chi connectivity index (χ3v) is 3.47. The quantitative estimate of drug-likeness (QED) is 0.298. The van der Waals surface area contributed by atoms with Crippen molar-refractivity contribution in [3.8, 4) is 11.5 Å². The smallest absolute Gasteiger partial charge is 0.315 e. The fourth-order valence-electron chi connectivity index (χ4n) is 2.23. The number of ether oxygens (including phenoxy) is 2. The summed E-state index contributed by atoms with van der Waals surface area (Å²) in [7, 11) is 1.41. The van der Waals surface area contributed by atoms with Gasteiger partial charge in [-0.25, -0.2) is 10.4 Å². The number of nitrogens with zero attached hydrogens (tertiary/aromatic N) is 3. The first-order valence-corrected chi connectivity index (χ1v) is 8.30. The minimum atomic E-state index is -0.534. The second-order valence-electron chi connectivity index (χ2n) is 5.64. The Labute approximate surface area is 155 Å². The summed E-state index contributed by atoms with van der Waals surface area (Å²) in [6.07, 6.45) is 3.03. The number of hydrogen-bond donors (Lipinski definition) is 2. The van der Waals surface area contributed by atoms with E-state index in [4.69, 9.17) is 9.47 Å². The highest BCUT2D eigenvalue weighted by atomic mass is 16.6. The Balaban J connectivity index is 2.26. The molecule has 0 unspecified atom stereocenters. The van der Waals surface area contributed by atoms with Gasteiger partial charge in [0.2, 0.25) is 11.7 Å². The number of H-pyrrole nitrogens is 1. The molecule has 10 nitrogen and oxygen atoms in total. The lowest BCUT2D eigenvalue weighted by molar-refractivity contribution is -0.386. The van der Waals surface area contributed by atoms with Crippen LogP contribution in [0.15, 0.2) is 28.1 Å². The number of nitrogens with one attached hydrogen (secondary N) is 2. The first-order chi connectivity index (χ1) is 12.9. The number of hydrazone groups is 1. The van der Waals surface area contributed by atoms with E-state index in [1.54, 1.807) is 13.0 Å². The molecule has 27 heavy (non-hydrogen) atoms. The first-order valence-electron chi connectivity index (χ1n) is 8.30. The predicted octanol–water partition coefficient (Wildman–Crippen LogP) is 2.62. The Morgan fingerprint density at radius 3 is 2.81 bits per heavy atom.